The van der Waals surface area contributed by atoms with E-state index in [0.717, 1.165) is 16.7 Å². The first kappa shape index (κ1) is 13.2. The van der Waals surface area contributed by atoms with Gasteiger partial charge in [0, 0.05) is 6.54 Å². The van der Waals surface area contributed by atoms with E-state index < -0.39 is 15.1 Å². The van der Waals surface area contributed by atoms with Crippen LogP contribution in [0.5, 0.6) is 0 Å². The van der Waals surface area contributed by atoms with Crippen LogP contribution in [0.3, 0.4) is 0 Å². The summed E-state index contributed by atoms with van der Waals surface area (Å²) in [5.74, 6) is 0. The number of hydrogen-bond acceptors (Lipinski definition) is 3. The molecule has 4 heteroatoms. The predicted molar refractivity (Wildman–Crippen MR) is 66.4 cm³/mol. The highest BCUT2D eigenvalue weighted by molar-refractivity contribution is 7.92. The highest BCUT2D eigenvalue weighted by Crippen LogP contribution is 2.25. The molecule has 0 aliphatic carbocycles. The SMILES string of the molecule is Cc1cc(C)c(S(=O)(=O)C(C)CN)c(C)c1. The van der Waals surface area contributed by atoms with E-state index >= 15 is 0 Å². The van der Waals surface area contributed by atoms with E-state index in [1.54, 1.807) is 6.92 Å². The summed E-state index contributed by atoms with van der Waals surface area (Å²) in [6, 6.07) is 3.78. The van der Waals surface area contributed by atoms with Crippen molar-refractivity contribution in [3.05, 3.63) is 28.8 Å². The Bertz CT molecular complexity index is 469. The van der Waals surface area contributed by atoms with E-state index in [0.29, 0.717) is 4.90 Å². The molecule has 0 saturated heterocycles. The van der Waals surface area contributed by atoms with Crippen LogP contribution in [0, 0.1) is 20.8 Å². The zero-order chi connectivity index (χ0) is 12.5. The minimum atomic E-state index is -3.29. The van der Waals surface area contributed by atoms with Crippen molar-refractivity contribution in [2.45, 2.75) is 37.8 Å². The molecule has 1 rings (SSSR count). The van der Waals surface area contributed by atoms with Crippen molar-refractivity contribution in [3.8, 4) is 0 Å². The van der Waals surface area contributed by atoms with Gasteiger partial charge in [0.15, 0.2) is 9.84 Å². The van der Waals surface area contributed by atoms with Crippen LogP contribution in [0.2, 0.25) is 0 Å². The quantitative estimate of drug-likeness (QED) is 0.876. The van der Waals surface area contributed by atoms with Crippen LogP contribution in [0.25, 0.3) is 0 Å². The van der Waals surface area contributed by atoms with Crippen LogP contribution in [0.1, 0.15) is 23.6 Å². The summed E-state index contributed by atoms with van der Waals surface area (Å²) >= 11 is 0. The molecule has 0 fully saturated rings. The van der Waals surface area contributed by atoms with Crippen molar-refractivity contribution < 1.29 is 8.42 Å². The third-order valence-electron chi connectivity index (χ3n) is 2.75. The molecule has 90 valence electrons. The third kappa shape index (κ3) is 2.28. The lowest BCUT2D eigenvalue weighted by Crippen LogP contribution is -2.27. The Morgan fingerprint density at radius 1 is 1.19 bits per heavy atom. The maximum Gasteiger partial charge on any atom is 0.182 e. The summed E-state index contributed by atoms with van der Waals surface area (Å²) in [5, 5.41) is -0.535. The van der Waals surface area contributed by atoms with E-state index in [9.17, 15) is 8.42 Å². The molecular formula is C12H19NO2S. The highest BCUT2D eigenvalue weighted by Gasteiger charge is 2.25. The molecule has 1 aromatic carbocycles. The van der Waals surface area contributed by atoms with Gasteiger partial charge in [-0.15, -0.1) is 0 Å². The molecule has 2 N–H and O–H groups in total. The van der Waals surface area contributed by atoms with Gasteiger partial charge in [-0.1, -0.05) is 17.7 Å². The molecule has 0 aliphatic heterocycles. The summed E-state index contributed by atoms with van der Waals surface area (Å²) in [4.78, 5) is 0.441. The predicted octanol–water partition coefficient (Wildman–Crippen LogP) is 1.73. The highest BCUT2D eigenvalue weighted by atomic mass is 32.2. The second kappa shape index (κ2) is 4.55. The van der Waals surface area contributed by atoms with E-state index in [1.807, 2.05) is 32.9 Å². The summed E-state index contributed by atoms with van der Waals surface area (Å²) in [6.45, 7) is 7.41. The van der Waals surface area contributed by atoms with Gasteiger partial charge in [0.1, 0.15) is 0 Å². The number of sulfone groups is 1. The fraction of sp³-hybridized carbons (Fsp3) is 0.500. The molecule has 0 bridgehead atoms. The Labute approximate surface area is 97.6 Å². The number of hydrogen-bond donors (Lipinski definition) is 1. The third-order valence-corrected chi connectivity index (χ3v) is 5.22. The molecule has 0 amide bonds. The van der Waals surface area contributed by atoms with E-state index in [4.69, 9.17) is 5.73 Å². The molecule has 0 aliphatic rings. The van der Waals surface area contributed by atoms with Crippen molar-refractivity contribution in [3.63, 3.8) is 0 Å². The van der Waals surface area contributed by atoms with Crippen molar-refractivity contribution in [2.75, 3.05) is 6.54 Å². The van der Waals surface area contributed by atoms with Gasteiger partial charge in [0.05, 0.1) is 10.1 Å². The summed E-state index contributed by atoms with van der Waals surface area (Å²) in [7, 11) is -3.29. The van der Waals surface area contributed by atoms with Crippen LogP contribution < -0.4 is 5.73 Å². The molecule has 1 aromatic rings. The Morgan fingerprint density at radius 2 is 1.62 bits per heavy atom. The topological polar surface area (TPSA) is 60.2 Å². The largest absolute Gasteiger partial charge is 0.329 e. The van der Waals surface area contributed by atoms with E-state index in [-0.39, 0.29) is 6.54 Å². The molecular weight excluding hydrogens is 222 g/mol. The lowest BCUT2D eigenvalue weighted by molar-refractivity contribution is 0.582. The van der Waals surface area contributed by atoms with Gasteiger partial charge in [0.2, 0.25) is 0 Å². The molecule has 1 atom stereocenters. The first-order valence-electron chi connectivity index (χ1n) is 5.32. The van der Waals surface area contributed by atoms with Crippen molar-refractivity contribution in [1.29, 1.82) is 0 Å². The number of nitrogens with two attached hydrogens (primary N) is 1. The van der Waals surface area contributed by atoms with Gasteiger partial charge in [-0.05, 0) is 38.8 Å². The summed E-state index contributed by atoms with van der Waals surface area (Å²) in [6.07, 6.45) is 0. The van der Waals surface area contributed by atoms with Gasteiger partial charge in [-0.25, -0.2) is 8.42 Å². The second-order valence-electron chi connectivity index (χ2n) is 4.32. The maximum atomic E-state index is 12.2. The Hall–Kier alpha value is -0.870. The molecule has 0 spiro atoms. The van der Waals surface area contributed by atoms with Crippen molar-refractivity contribution >= 4 is 9.84 Å². The zero-order valence-electron chi connectivity index (χ0n) is 10.2. The Balaban J connectivity index is 3.45. The van der Waals surface area contributed by atoms with Gasteiger partial charge >= 0.3 is 0 Å². The van der Waals surface area contributed by atoms with Gasteiger partial charge in [-0.3, -0.25) is 0 Å². The first-order valence-corrected chi connectivity index (χ1v) is 6.87. The summed E-state index contributed by atoms with van der Waals surface area (Å²) < 4.78 is 24.5. The lowest BCUT2D eigenvalue weighted by Gasteiger charge is -2.16. The smallest absolute Gasteiger partial charge is 0.182 e. The van der Waals surface area contributed by atoms with E-state index in [2.05, 4.69) is 0 Å². The Morgan fingerprint density at radius 3 is 2.00 bits per heavy atom. The molecule has 0 aromatic heterocycles. The van der Waals surface area contributed by atoms with Crippen LogP contribution in [-0.2, 0) is 9.84 Å². The minimum Gasteiger partial charge on any atom is -0.329 e. The van der Waals surface area contributed by atoms with Gasteiger partial charge in [-0.2, -0.15) is 0 Å². The fourth-order valence-electron chi connectivity index (χ4n) is 1.94. The first-order chi connectivity index (χ1) is 7.30. The second-order valence-corrected chi connectivity index (χ2v) is 6.62. The van der Waals surface area contributed by atoms with Gasteiger partial charge < -0.3 is 5.73 Å². The van der Waals surface area contributed by atoms with Crippen molar-refractivity contribution in [1.82, 2.24) is 0 Å². The average Bonchev–Trinajstić information content (AvgIpc) is 2.14. The van der Waals surface area contributed by atoms with Crippen LogP contribution in [0.4, 0.5) is 0 Å². The Kier molecular flexibility index (Phi) is 3.76. The molecule has 0 saturated carbocycles. The standard InChI is InChI=1S/C12H19NO2S/c1-8-5-9(2)12(10(3)6-8)16(14,15)11(4)7-13/h5-6,11H,7,13H2,1-4H3. The molecule has 3 nitrogen and oxygen atoms in total. The van der Waals surface area contributed by atoms with E-state index in [1.165, 1.54) is 0 Å². The maximum absolute atomic E-state index is 12.2. The molecule has 0 radical (unpaired) electrons. The molecule has 1 unspecified atom stereocenters. The number of benzene rings is 1. The summed E-state index contributed by atoms with van der Waals surface area (Å²) in [5.41, 5.74) is 8.13. The van der Waals surface area contributed by atoms with Crippen LogP contribution in [-0.4, -0.2) is 20.2 Å². The minimum absolute atomic E-state index is 0.148. The van der Waals surface area contributed by atoms with Crippen LogP contribution in [0.15, 0.2) is 17.0 Å². The lowest BCUT2D eigenvalue weighted by atomic mass is 10.1. The number of rotatable bonds is 3. The monoisotopic (exact) mass is 241 g/mol. The fourth-order valence-corrected chi connectivity index (χ4v) is 3.61. The van der Waals surface area contributed by atoms with Crippen LogP contribution >= 0.6 is 0 Å². The normalized spacial score (nSPS) is 13.8. The zero-order valence-corrected chi connectivity index (χ0v) is 11.1. The average molecular weight is 241 g/mol. The van der Waals surface area contributed by atoms with Gasteiger partial charge in [0.25, 0.3) is 0 Å². The van der Waals surface area contributed by atoms with Crippen molar-refractivity contribution in [2.24, 2.45) is 5.73 Å². The molecule has 16 heavy (non-hydrogen) atoms. The number of aryl methyl sites for hydroxylation is 3. The molecule has 0 heterocycles.